The van der Waals surface area contributed by atoms with E-state index in [2.05, 4.69) is 15.4 Å². The van der Waals surface area contributed by atoms with Crippen LogP contribution in [-0.2, 0) is 9.53 Å². The summed E-state index contributed by atoms with van der Waals surface area (Å²) < 4.78 is 4.69. The van der Waals surface area contributed by atoms with E-state index in [9.17, 15) is 19.5 Å². The van der Waals surface area contributed by atoms with Gasteiger partial charge in [0.15, 0.2) is 5.75 Å². The van der Waals surface area contributed by atoms with Gasteiger partial charge in [-0.05, 0) is 19.1 Å². The Bertz CT molecular complexity index is 543. The normalized spacial score (nSPS) is 9.76. The molecule has 0 aliphatic rings. The number of rotatable bonds is 6. The number of esters is 1. The number of aromatic carboxylic acids is 1. The predicted octanol–water partition coefficient (Wildman–Crippen LogP) is 1.17. The van der Waals surface area contributed by atoms with Crippen molar-refractivity contribution in [1.29, 1.82) is 0 Å². The molecule has 0 fully saturated rings. The lowest BCUT2D eigenvalue weighted by Gasteiger charge is -2.10. The molecule has 0 bridgehead atoms. The van der Waals surface area contributed by atoms with Gasteiger partial charge in [0.05, 0.1) is 18.7 Å². The molecular formula is C13H16N2O6. The zero-order valence-corrected chi connectivity index (χ0v) is 11.4. The lowest BCUT2D eigenvalue weighted by Crippen LogP contribution is -2.31. The summed E-state index contributed by atoms with van der Waals surface area (Å²) in [5, 5.41) is 23.2. The van der Waals surface area contributed by atoms with Crippen LogP contribution >= 0.6 is 0 Å². The molecule has 1 rings (SSSR count). The van der Waals surface area contributed by atoms with E-state index < -0.39 is 23.7 Å². The molecule has 0 unspecified atom stereocenters. The lowest BCUT2D eigenvalue weighted by atomic mass is 10.2. The van der Waals surface area contributed by atoms with Crippen LogP contribution in [0.2, 0.25) is 0 Å². The fourth-order valence-electron chi connectivity index (χ4n) is 1.49. The molecule has 2 amide bonds. The van der Waals surface area contributed by atoms with Gasteiger partial charge in [0, 0.05) is 6.54 Å². The topological polar surface area (TPSA) is 125 Å². The van der Waals surface area contributed by atoms with Crippen molar-refractivity contribution in [2.45, 2.75) is 13.3 Å². The average molecular weight is 296 g/mol. The largest absolute Gasteiger partial charge is 0.505 e. The number of carboxylic acid groups (broad SMARTS) is 1. The molecule has 4 N–H and O–H groups in total. The number of ether oxygens (including phenoxy) is 1. The molecule has 1 aromatic carbocycles. The van der Waals surface area contributed by atoms with Gasteiger partial charge in [-0.15, -0.1) is 0 Å². The standard InChI is InChI=1S/C13H16N2O6/c1-2-21-10(16)6-7-14-13(20)15-9-5-3-4-8(11(9)17)12(18)19/h3-5,17H,2,6-7H2,1H3,(H,18,19)(H2,14,15,20). The molecule has 0 aromatic heterocycles. The molecule has 114 valence electrons. The average Bonchev–Trinajstić information content (AvgIpc) is 2.41. The van der Waals surface area contributed by atoms with Gasteiger partial charge in [0.1, 0.15) is 5.56 Å². The van der Waals surface area contributed by atoms with Gasteiger partial charge in [0.2, 0.25) is 0 Å². The maximum atomic E-state index is 11.6. The number of para-hydroxylation sites is 1. The summed E-state index contributed by atoms with van der Waals surface area (Å²) in [5.41, 5.74) is -0.358. The number of aromatic hydroxyl groups is 1. The Labute approximate surface area is 120 Å². The number of carbonyl (C=O) groups is 3. The summed E-state index contributed by atoms with van der Waals surface area (Å²) in [6, 6.07) is 3.28. The van der Waals surface area contributed by atoms with Crippen LogP contribution < -0.4 is 10.6 Å². The lowest BCUT2D eigenvalue weighted by molar-refractivity contribution is -0.142. The van der Waals surface area contributed by atoms with Crippen LogP contribution in [0.1, 0.15) is 23.7 Å². The molecule has 0 aliphatic carbocycles. The third-order valence-electron chi connectivity index (χ3n) is 2.43. The maximum Gasteiger partial charge on any atom is 0.339 e. The van der Waals surface area contributed by atoms with Gasteiger partial charge in [0.25, 0.3) is 0 Å². The molecule has 0 radical (unpaired) electrons. The van der Waals surface area contributed by atoms with Gasteiger partial charge in [-0.25, -0.2) is 9.59 Å². The first-order chi connectivity index (χ1) is 9.95. The molecule has 0 saturated carbocycles. The number of urea groups is 1. The second kappa shape index (κ2) is 7.73. The number of nitrogens with one attached hydrogen (secondary N) is 2. The van der Waals surface area contributed by atoms with Crippen molar-refractivity contribution >= 4 is 23.7 Å². The fraction of sp³-hybridized carbons (Fsp3) is 0.308. The summed E-state index contributed by atoms with van der Waals surface area (Å²) in [5.74, 6) is -2.28. The molecule has 8 heteroatoms. The summed E-state index contributed by atoms with van der Waals surface area (Å²) in [4.78, 5) is 33.4. The minimum absolute atomic E-state index is 0.0163. The third kappa shape index (κ3) is 5.01. The molecule has 0 atom stereocenters. The molecule has 1 aromatic rings. The predicted molar refractivity (Wildman–Crippen MR) is 73.3 cm³/mol. The summed E-state index contributed by atoms with van der Waals surface area (Å²) in [6.07, 6.45) is 0.0163. The smallest absolute Gasteiger partial charge is 0.339 e. The molecule has 0 spiro atoms. The number of carbonyl (C=O) groups excluding carboxylic acids is 2. The highest BCUT2D eigenvalue weighted by Gasteiger charge is 2.14. The number of benzene rings is 1. The maximum absolute atomic E-state index is 11.6. The first kappa shape index (κ1) is 16.3. The van der Waals surface area contributed by atoms with Crippen LogP contribution in [0.4, 0.5) is 10.5 Å². The van der Waals surface area contributed by atoms with Crippen LogP contribution in [0.5, 0.6) is 5.75 Å². The second-order valence-electron chi connectivity index (χ2n) is 3.94. The monoisotopic (exact) mass is 296 g/mol. The quantitative estimate of drug-likeness (QED) is 0.461. The summed E-state index contributed by atoms with van der Waals surface area (Å²) >= 11 is 0. The molecule has 0 saturated heterocycles. The van der Waals surface area contributed by atoms with E-state index in [1.165, 1.54) is 18.2 Å². The van der Waals surface area contributed by atoms with Gasteiger partial charge in [-0.1, -0.05) is 6.07 Å². The van der Waals surface area contributed by atoms with Gasteiger partial charge < -0.3 is 25.6 Å². The SMILES string of the molecule is CCOC(=O)CCNC(=O)Nc1cccc(C(=O)O)c1O. The van der Waals surface area contributed by atoms with Crippen LogP contribution in [0.15, 0.2) is 18.2 Å². The van der Waals surface area contributed by atoms with E-state index in [1.807, 2.05) is 0 Å². The second-order valence-corrected chi connectivity index (χ2v) is 3.94. The highest BCUT2D eigenvalue weighted by atomic mass is 16.5. The zero-order chi connectivity index (χ0) is 15.8. The number of phenols is 1. The van der Waals surface area contributed by atoms with Crippen molar-refractivity contribution in [2.24, 2.45) is 0 Å². The molecular weight excluding hydrogens is 280 g/mol. The van der Waals surface area contributed by atoms with Gasteiger partial charge >= 0.3 is 18.0 Å². The van der Waals surface area contributed by atoms with E-state index in [4.69, 9.17) is 5.11 Å². The van der Waals surface area contributed by atoms with Crippen LogP contribution in [0.25, 0.3) is 0 Å². The molecule has 0 aliphatic heterocycles. The number of hydrogen-bond donors (Lipinski definition) is 4. The number of anilines is 1. The van der Waals surface area contributed by atoms with Gasteiger partial charge in [-0.3, -0.25) is 4.79 Å². The Morgan fingerprint density at radius 3 is 2.62 bits per heavy atom. The van der Waals surface area contributed by atoms with Crippen molar-refractivity contribution in [3.05, 3.63) is 23.8 Å². The van der Waals surface area contributed by atoms with Crippen LogP contribution in [-0.4, -0.2) is 41.3 Å². The minimum Gasteiger partial charge on any atom is -0.505 e. The van der Waals surface area contributed by atoms with Crippen LogP contribution in [0.3, 0.4) is 0 Å². The fourth-order valence-corrected chi connectivity index (χ4v) is 1.49. The summed E-state index contributed by atoms with van der Waals surface area (Å²) in [6.45, 7) is 2.00. The zero-order valence-electron chi connectivity index (χ0n) is 11.4. The number of hydrogen-bond acceptors (Lipinski definition) is 5. The molecule has 21 heavy (non-hydrogen) atoms. The first-order valence-electron chi connectivity index (χ1n) is 6.21. The highest BCUT2D eigenvalue weighted by molar-refractivity contribution is 5.97. The number of amides is 2. The Morgan fingerprint density at radius 1 is 1.29 bits per heavy atom. The van der Waals surface area contributed by atoms with Crippen molar-refractivity contribution in [1.82, 2.24) is 5.32 Å². The van der Waals surface area contributed by atoms with E-state index in [-0.39, 0.29) is 30.8 Å². The van der Waals surface area contributed by atoms with Crippen molar-refractivity contribution in [2.75, 3.05) is 18.5 Å². The first-order valence-corrected chi connectivity index (χ1v) is 6.21. The molecule has 0 heterocycles. The van der Waals surface area contributed by atoms with Gasteiger partial charge in [-0.2, -0.15) is 0 Å². The molecule has 8 nitrogen and oxygen atoms in total. The van der Waals surface area contributed by atoms with Crippen LogP contribution in [0, 0.1) is 0 Å². The van der Waals surface area contributed by atoms with E-state index in [1.54, 1.807) is 6.92 Å². The Kier molecular flexibility index (Phi) is 5.99. The Morgan fingerprint density at radius 2 is 2.00 bits per heavy atom. The van der Waals surface area contributed by atoms with E-state index >= 15 is 0 Å². The summed E-state index contributed by atoms with van der Waals surface area (Å²) in [7, 11) is 0. The van der Waals surface area contributed by atoms with Crippen molar-refractivity contribution < 1.29 is 29.3 Å². The van der Waals surface area contributed by atoms with E-state index in [0.717, 1.165) is 0 Å². The van der Waals surface area contributed by atoms with Crippen molar-refractivity contribution in [3.8, 4) is 5.75 Å². The van der Waals surface area contributed by atoms with Crippen molar-refractivity contribution in [3.63, 3.8) is 0 Å². The number of carboxylic acids is 1. The van der Waals surface area contributed by atoms with E-state index in [0.29, 0.717) is 0 Å². The minimum atomic E-state index is -1.31. The highest BCUT2D eigenvalue weighted by Crippen LogP contribution is 2.27. The third-order valence-corrected chi connectivity index (χ3v) is 2.43. The Balaban J connectivity index is 2.54. The Hall–Kier alpha value is -2.77.